The van der Waals surface area contributed by atoms with Gasteiger partial charge in [-0.2, -0.15) is 0 Å². The standard InChI is InChI=1S/C20H14O5/c1-11-19(18-9-13-5-3-4-6-16(13)25-18)20(22)15-8-7-14(24-12(2)21)10-17(15)23-11/h3-10H,1-2H3. The predicted octanol–water partition coefficient (Wildman–Crippen LogP) is 4.44. The summed E-state index contributed by atoms with van der Waals surface area (Å²) in [6.45, 7) is 3.03. The van der Waals surface area contributed by atoms with Crippen molar-refractivity contribution < 1.29 is 18.4 Å². The summed E-state index contributed by atoms with van der Waals surface area (Å²) < 4.78 is 16.6. The van der Waals surface area contributed by atoms with Crippen molar-refractivity contribution in [2.45, 2.75) is 13.8 Å². The van der Waals surface area contributed by atoms with Gasteiger partial charge in [0.25, 0.3) is 0 Å². The highest BCUT2D eigenvalue weighted by Crippen LogP contribution is 2.30. The zero-order valence-electron chi connectivity index (χ0n) is 13.7. The molecular formula is C20H14O5. The number of carbonyl (C=O) groups excluding carboxylic acids is 1. The lowest BCUT2D eigenvalue weighted by atomic mass is 10.1. The van der Waals surface area contributed by atoms with E-state index in [1.165, 1.54) is 13.0 Å². The molecule has 0 aliphatic heterocycles. The van der Waals surface area contributed by atoms with Gasteiger partial charge < -0.3 is 13.6 Å². The molecule has 4 aromatic rings. The molecule has 2 aromatic heterocycles. The minimum atomic E-state index is -0.433. The Morgan fingerprint density at radius 2 is 1.80 bits per heavy atom. The Labute approximate surface area is 142 Å². The van der Waals surface area contributed by atoms with Gasteiger partial charge in [-0.15, -0.1) is 0 Å². The van der Waals surface area contributed by atoms with Gasteiger partial charge in [0.2, 0.25) is 5.43 Å². The molecule has 0 fully saturated rings. The third-order valence-corrected chi connectivity index (χ3v) is 3.97. The normalized spacial score (nSPS) is 11.1. The van der Waals surface area contributed by atoms with E-state index in [1.54, 1.807) is 19.1 Å². The van der Waals surface area contributed by atoms with E-state index in [9.17, 15) is 9.59 Å². The maximum Gasteiger partial charge on any atom is 0.308 e. The van der Waals surface area contributed by atoms with Gasteiger partial charge >= 0.3 is 5.97 Å². The quantitative estimate of drug-likeness (QED) is 0.400. The molecule has 5 nitrogen and oxygen atoms in total. The zero-order valence-corrected chi connectivity index (χ0v) is 13.7. The number of benzene rings is 2. The lowest BCUT2D eigenvalue weighted by molar-refractivity contribution is -0.131. The molecule has 0 bridgehead atoms. The van der Waals surface area contributed by atoms with Crippen LogP contribution in [0.3, 0.4) is 0 Å². The van der Waals surface area contributed by atoms with Gasteiger partial charge in [-0.1, -0.05) is 18.2 Å². The molecule has 0 radical (unpaired) electrons. The van der Waals surface area contributed by atoms with E-state index in [4.69, 9.17) is 13.6 Å². The summed E-state index contributed by atoms with van der Waals surface area (Å²) in [5.74, 6) is 0.811. The van der Waals surface area contributed by atoms with Gasteiger partial charge in [0.1, 0.15) is 34.0 Å². The van der Waals surface area contributed by atoms with Crippen LogP contribution in [0.25, 0.3) is 33.3 Å². The Balaban J connectivity index is 1.92. The molecule has 4 rings (SSSR count). The second-order valence-corrected chi connectivity index (χ2v) is 5.76. The topological polar surface area (TPSA) is 69.7 Å². The zero-order chi connectivity index (χ0) is 17.6. The Bertz CT molecular complexity index is 1150. The highest BCUT2D eigenvalue weighted by atomic mass is 16.5. The molecule has 124 valence electrons. The van der Waals surface area contributed by atoms with Crippen LogP contribution in [0.4, 0.5) is 0 Å². The minimum absolute atomic E-state index is 0.188. The molecule has 0 aliphatic carbocycles. The molecule has 2 heterocycles. The van der Waals surface area contributed by atoms with Crippen LogP contribution in [0.5, 0.6) is 5.75 Å². The first kappa shape index (κ1) is 15.2. The highest BCUT2D eigenvalue weighted by molar-refractivity contribution is 5.87. The van der Waals surface area contributed by atoms with E-state index < -0.39 is 5.97 Å². The molecule has 0 aliphatic rings. The number of esters is 1. The first-order chi connectivity index (χ1) is 12.0. The second kappa shape index (κ2) is 5.63. The number of hydrogen-bond acceptors (Lipinski definition) is 5. The molecule has 0 saturated heterocycles. The molecule has 2 aromatic carbocycles. The van der Waals surface area contributed by atoms with Gasteiger partial charge in [-0.25, -0.2) is 0 Å². The molecule has 0 atom stereocenters. The number of furan rings is 1. The fourth-order valence-electron chi connectivity index (χ4n) is 2.91. The van der Waals surface area contributed by atoms with Crippen LogP contribution < -0.4 is 10.2 Å². The molecule has 0 N–H and O–H groups in total. The van der Waals surface area contributed by atoms with Crippen LogP contribution in [0, 0.1) is 6.92 Å². The summed E-state index contributed by atoms with van der Waals surface area (Å²) in [7, 11) is 0. The van der Waals surface area contributed by atoms with E-state index in [2.05, 4.69) is 0 Å². The summed E-state index contributed by atoms with van der Waals surface area (Å²) in [4.78, 5) is 24.0. The highest BCUT2D eigenvalue weighted by Gasteiger charge is 2.17. The van der Waals surface area contributed by atoms with Crippen molar-refractivity contribution >= 4 is 27.9 Å². The summed E-state index contributed by atoms with van der Waals surface area (Å²) >= 11 is 0. The molecular weight excluding hydrogens is 320 g/mol. The van der Waals surface area contributed by atoms with E-state index in [0.29, 0.717) is 39.4 Å². The Morgan fingerprint density at radius 1 is 1.00 bits per heavy atom. The summed E-state index contributed by atoms with van der Waals surface area (Å²) in [6, 6.07) is 14.1. The van der Waals surface area contributed by atoms with Crippen molar-refractivity contribution in [2.24, 2.45) is 0 Å². The monoisotopic (exact) mass is 334 g/mol. The first-order valence-corrected chi connectivity index (χ1v) is 7.78. The maximum absolute atomic E-state index is 12.9. The van der Waals surface area contributed by atoms with Crippen LogP contribution in [0.1, 0.15) is 12.7 Å². The first-order valence-electron chi connectivity index (χ1n) is 7.78. The molecule has 0 spiro atoms. The lowest BCUT2D eigenvalue weighted by Crippen LogP contribution is -2.07. The average Bonchev–Trinajstić information content (AvgIpc) is 2.97. The van der Waals surface area contributed by atoms with E-state index in [0.717, 1.165) is 5.39 Å². The Kier molecular flexibility index (Phi) is 3.42. The van der Waals surface area contributed by atoms with E-state index >= 15 is 0 Å². The van der Waals surface area contributed by atoms with Crippen LogP contribution >= 0.6 is 0 Å². The minimum Gasteiger partial charge on any atom is -0.460 e. The van der Waals surface area contributed by atoms with Crippen molar-refractivity contribution in [3.8, 4) is 17.1 Å². The fraction of sp³-hybridized carbons (Fsp3) is 0.100. The van der Waals surface area contributed by atoms with Crippen molar-refractivity contribution in [2.75, 3.05) is 0 Å². The number of hydrogen-bond donors (Lipinski definition) is 0. The van der Waals surface area contributed by atoms with E-state index in [1.807, 2.05) is 30.3 Å². The molecule has 0 saturated carbocycles. The van der Waals surface area contributed by atoms with Gasteiger partial charge in [0, 0.05) is 18.4 Å². The van der Waals surface area contributed by atoms with Gasteiger partial charge in [0.15, 0.2) is 0 Å². The number of ether oxygens (including phenoxy) is 1. The maximum atomic E-state index is 12.9. The average molecular weight is 334 g/mol. The Hall–Kier alpha value is -3.34. The summed E-state index contributed by atoms with van der Waals surface area (Å²) in [5.41, 5.74) is 1.28. The smallest absolute Gasteiger partial charge is 0.308 e. The molecule has 0 amide bonds. The van der Waals surface area contributed by atoms with Crippen molar-refractivity contribution in [1.29, 1.82) is 0 Å². The van der Waals surface area contributed by atoms with Gasteiger partial charge in [-0.05, 0) is 31.2 Å². The van der Waals surface area contributed by atoms with Crippen LogP contribution in [0.15, 0.2) is 62.2 Å². The third-order valence-electron chi connectivity index (χ3n) is 3.97. The Morgan fingerprint density at radius 3 is 2.56 bits per heavy atom. The summed E-state index contributed by atoms with van der Waals surface area (Å²) in [5, 5.41) is 1.32. The van der Waals surface area contributed by atoms with Gasteiger partial charge in [0.05, 0.1) is 5.39 Å². The van der Waals surface area contributed by atoms with Gasteiger partial charge in [-0.3, -0.25) is 9.59 Å². The molecule has 25 heavy (non-hydrogen) atoms. The third kappa shape index (κ3) is 2.59. The van der Waals surface area contributed by atoms with Crippen LogP contribution in [-0.4, -0.2) is 5.97 Å². The van der Waals surface area contributed by atoms with Crippen molar-refractivity contribution in [3.63, 3.8) is 0 Å². The number of para-hydroxylation sites is 1. The largest absolute Gasteiger partial charge is 0.460 e. The number of fused-ring (bicyclic) bond motifs is 2. The molecule has 5 heteroatoms. The van der Waals surface area contributed by atoms with Crippen LogP contribution in [-0.2, 0) is 4.79 Å². The van der Waals surface area contributed by atoms with Crippen molar-refractivity contribution in [1.82, 2.24) is 0 Å². The predicted molar refractivity (Wildman–Crippen MR) is 93.7 cm³/mol. The number of aryl methyl sites for hydroxylation is 1. The van der Waals surface area contributed by atoms with Crippen LogP contribution in [0.2, 0.25) is 0 Å². The SMILES string of the molecule is CC(=O)Oc1ccc2c(=O)c(-c3cc4ccccc4o3)c(C)oc2c1. The second-order valence-electron chi connectivity index (χ2n) is 5.76. The number of rotatable bonds is 2. The lowest BCUT2D eigenvalue weighted by Gasteiger charge is -2.06. The summed E-state index contributed by atoms with van der Waals surface area (Å²) in [6.07, 6.45) is 0. The van der Waals surface area contributed by atoms with E-state index in [-0.39, 0.29) is 5.43 Å². The number of carbonyl (C=O) groups is 1. The van der Waals surface area contributed by atoms with Crippen molar-refractivity contribution in [3.05, 3.63) is 64.5 Å². The molecule has 0 unspecified atom stereocenters. The fourth-order valence-corrected chi connectivity index (χ4v) is 2.91.